The Kier molecular flexibility index (Phi) is 4.12. The van der Waals surface area contributed by atoms with Crippen molar-refractivity contribution in [2.24, 2.45) is 0 Å². The van der Waals surface area contributed by atoms with Crippen molar-refractivity contribution in [2.75, 3.05) is 5.73 Å². The number of carbonyl (C=O) groups excluding carboxylic acids is 2. The van der Waals surface area contributed by atoms with Crippen LogP contribution in [-0.4, -0.2) is 22.1 Å². The largest absolute Gasteiger partial charge is 0.379 e. The number of aromatic nitrogens is 2. The number of hydrogen-bond donors (Lipinski definition) is 3. The molecule has 0 unspecified atom stereocenters. The lowest BCUT2D eigenvalue weighted by Gasteiger charge is -2.06. The van der Waals surface area contributed by atoms with Gasteiger partial charge in [0.05, 0.1) is 0 Å². The first-order valence-corrected chi connectivity index (χ1v) is 6.20. The summed E-state index contributed by atoms with van der Waals surface area (Å²) < 4.78 is 17.6. The molecule has 0 atom stereocenters. The van der Waals surface area contributed by atoms with E-state index in [0.29, 0.717) is 0 Å². The number of amides is 2. The van der Waals surface area contributed by atoms with Crippen LogP contribution in [0.25, 0.3) is 0 Å². The molecule has 0 saturated heterocycles. The molecule has 1 heterocycles. The van der Waals surface area contributed by atoms with Gasteiger partial charge in [-0.05, 0) is 51.1 Å². The lowest BCUT2D eigenvalue weighted by molar-refractivity contribution is 0.0841. The molecule has 2 aromatic rings. The fourth-order valence-electron chi connectivity index (χ4n) is 1.24. The van der Waals surface area contributed by atoms with E-state index in [1.54, 1.807) is 22.6 Å². The molecule has 0 aliphatic heterocycles. The third kappa shape index (κ3) is 3.01. The number of anilines is 1. The highest BCUT2D eigenvalue weighted by Gasteiger charge is 2.17. The summed E-state index contributed by atoms with van der Waals surface area (Å²) in [5.41, 5.74) is 9.46. The minimum absolute atomic E-state index is 0.183. The van der Waals surface area contributed by atoms with Crippen LogP contribution >= 0.6 is 22.6 Å². The van der Waals surface area contributed by atoms with Crippen molar-refractivity contribution in [1.82, 2.24) is 21.2 Å². The SMILES string of the molecule is Nc1nonc1C(=O)NNC(=O)c1ccc(F)c(I)c1. The second-order valence-corrected chi connectivity index (χ2v) is 4.70. The van der Waals surface area contributed by atoms with Gasteiger partial charge in [-0.3, -0.25) is 20.4 Å². The number of rotatable bonds is 2. The number of nitrogens with zero attached hydrogens (tertiary/aromatic N) is 2. The predicted octanol–water partition coefficient (Wildman–Crippen LogP) is 0.470. The number of nitrogens with one attached hydrogen (secondary N) is 2. The number of benzene rings is 1. The summed E-state index contributed by atoms with van der Waals surface area (Å²) in [6.07, 6.45) is 0. The zero-order valence-corrected chi connectivity index (χ0v) is 11.8. The average Bonchev–Trinajstić information content (AvgIpc) is 2.85. The van der Waals surface area contributed by atoms with Gasteiger partial charge in [0, 0.05) is 9.13 Å². The number of carbonyl (C=O) groups is 2. The quantitative estimate of drug-likeness (QED) is 0.505. The smallest absolute Gasteiger partial charge is 0.295 e. The van der Waals surface area contributed by atoms with Crippen molar-refractivity contribution in [2.45, 2.75) is 0 Å². The van der Waals surface area contributed by atoms with E-state index in [0.717, 1.165) is 6.07 Å². The Morgan fingerprint density at radius 3 is 2.55 bits per heavy atom. The molecule has 0 fully saturated rings. The van der Waals surface area contributed by atoms with Crippen LogP contribution in [0.5, 0.6) is 0 Å². The van der Waals surface area contributed by atoms with Crippen LogP contribution in [-0.2, 0) is 0 Å². The van der Waals surface area contributed by atoms with Gasteiger partial charge in [-0.25, -0.2) is 9.02 Å². The molecular weight excluding hydrogens is 384 g/mol. The highest BCUT2D eigenvalue weighted by atomic mass is 127. The molecule has 0 aliphatic rings. The van der Waals surface area contributed by atoms with E-state index < -0.39 is 17.6 Å². The van der Waals surface area contributed by atoms with Crippen LogP contribution in [0.15, 0.2) is 22.8 Å². The van der Waals surface area contributed by atoms with Crippen molar-refractivity contribution in [1.29, 1.82) is 0 Å². The monoisotopic (exact) mass is 391 g/mol. The molecule has 2 rings (SSSR count). The van der Waals surface area contributed by atoms with Crippen molar-refractivity contribution in [3.63, 3.8) is 0 Å². The van der Waals surface area contributed by atoms with Crippen molar-refractivity contribution in [3.8, 4) is 0 Å². The highest BCUT2D eigenvalue weighted by molar-refractivity contribution is 14.1. The van der Waals surface area contributed by atoms with Gasteiger partial charge in [-0.15, -0.1) is 0 Å². The van der Waals surface area contributed by atoms with Gasteiger partial charge in [-0.2, -0.15) is 0 Å². The summed E-state index contributed by atoms with van der Waals surface area (Å²) in [6.45, 7) is 0. The number of hydrazine groups is 1. The summed E-state index contributed by atoms with van der Waals surface area (Å²) in [4.78, 5) is 23.3. The third-order valence-corrected chi connectivity index (χ3v) is 3.03. The van der Waals surface area contributed by atoms with E-state index in [4.69, 9.17) is 5.73 Å². The van der Waals surface area contributed by atoms with E-state index in [1.807, 2.05) is 0 Å². The fourth-order valence-corrected chi connectivity index (χ4v) is 1.75. The minimum Gasteiger partial charge on any atom is -0.379 e. The van der Waals surface area contributed by atoms with E-state index >= 15 is 0 Å². The normalized spacial score (nSPS) is 10.1. The molecule has 0 spiro atoms. The lowest BCUT2D eigenvalue weighted by atomic mass is 10.2. The molecule has 104 valence electrons. The van der Waals surface area contributed by atoms with E-state index in [-0.39, 0.29) is 20.6 Å². The standard InChI is InChI=1S/C10H7FIN5O3/c11-5-2-1-4(3-6(5)12)9(18)14-15-10(19)7-8(13)17-20-16-7/h1-3H,(H2,13,17)(H,14,18)(H,15,19). The molecule has 4 N–H and O–H groups in total. The lowest BCUT2D eigenvalue weighted by Crippen LogP contribution is -2.42. The Morgan fingerprint density at radius 1 is 1.25 bits per heavy atom. The number of nitrogen functional groups attached to an aromatic ring is 1. The Hall–Kier alpha value is -2.24. The molecule has 1 aromatic heterocycles. The van der Waals surface area contributed by atoms with Crippen molar-refractivity contribution < 1.29 is 18.6 Å². The van der Waals surface area contributed by atoms with Crippen LogP contribution in [0.3, 0.4) is 0 Å². The first kappa shape index (κ1) is 14.2. The van der Waals surface area contributed by atoms with Gasteiger partial charge in [-0.1, -0.05) is 0 Å². The molecule has 0 bridgehead atoms. The second kappa shape index (κ2) is 5.81. The molecule has 8 nitrogen and oxygen atoms in total. The van der Waals surface area contributed by atoms with Gasteiger partial charge >= 0.3 is 0 Å². The predicted molar refractivity (Wildman–Crippen MR) is 72.8 cm³/mol. The van der Waals surface area contributed by atoms with E-state index in [2.05, 4.69) is 25.8 Å². The van der Waals surface area contributed by atoms with Crippen LogP contribution in [0.4, 0.5) is 10.2 Å². The summed E-state index contributed by atoms with van der Waals surface area (Å²) in [7, 11) is 0. The minimum atomic E-state index is -0.783. The van der Waals surface area contributed by atoms with E-state index in [9.17, 15) is 14.0 Å². The molecule has 2 amide bonds. The molecule has 20 heavy (non-hydrogen) atoms. The van der Waals surface area contributed by atoms with Gasteiger partial charge in [0.2, 0.25) is 11.5 Å². The highest BCUT2D eigenvalue weighted by Crippen LogP contribution is 2.12. The van der Waals surface area contributed by atoms with Gasteiger partial charge in [0.15, 0.2) is 0 Å². The van der Waals surface area contributed by atoms with Crippen molar-refractivity contribution in [3.05, 3.63) is 38.8 Å². The maximum atomic E-state index is 13.1. The van der Waals surface area contributed by atoms with Crippen LogP contribution < -0.4 is 16.6 Å². The van der Waals surface area contributed by atoms with E-state index in [1.165, 1.54) is 12.1 Å². The molecule has 0 radical (unpaired) electrons. The number of hydrogen-bond acceptors (Lipinski definition) is 6. The Labute approximate surface area is 125 Å². The van der Waals surface area contributed by atoms with Crippen LogP contribution in [0, 0.1) is 9.39 Å². The second-order valence-electron chi connectivity index (χ2n) is 3.54. The Morgan fingerprint density at radius 2 is 1.95 bits per heavy atom. The maximum Gasteiger partial charge on any atom is 0.295 e. The van der Waals surface area contributed by atoms with Gasteiger partial charge in [0.1, 0.15) is 5.82 Å². The zero-order valence-electron chi connectivity index (χ0n) is 9.68. The summed E-state index contributed by atoms with van der Waals surface area (Å²) in [5.74, 6) is -2.04. The van der Waals surface area contributed by atoms with Crippen LogP contribution in [0.1, 0.15) is 20.8 Å². The number of nitrogens with two attached hydrogens (primary N) is 1. The van der Waals surface area contributed by atoms with Crippen molar-refractivity contribution >= 4 is 40.2 Å². The average molecular weight is 391 g/mol. The molecule has 0 saturated carbocycles. The maximum absolute atomic E-state index is 13.1. The molecule has 1 aromatic carbocycles. The third-order valence-electron chi connectivity index (χ3n) is 2.20. The zero-order chi connectivity index (χ0) is 14.7. The summed E-state index contributed by atoms with van der Waals surface area (Å²) >= 11 is 1.75. The summed E-state index contributed by atoms with van der Waals surface area (Å²) in [6, 6.07) is 3.77. The fraction of sp³-hybridized carbons (Fsp3) is 0. The Bertz CT molecular complexity index is 675. The molecule has 10 heteroatoms. The Balaban J connectivity index is 2.00. The first-order valence-electron chi connectivity index (χ1n) is 5.13. The molecule has 0 aliphatic carbocycles. The topological polar surface area (TPSA) is 123 Å². The van der Waals surface area contributed by atoms with Gasteiger partial charge in [0.25, 0.3) is 11.8 Å². The number of halogens is 2. The summed E-state index contributed by atoms with van der Waals surface area (Å²) in [5, 5.41) is 6.49. The first-order chi connectivity index (χ1) is 9.49. The molecular formula is C10H7FIN5O3. The van der Waals surface area contributed by atoms with Crippen LogP contribution in [0.2, 0.25) is 0 Å². The van der Waals surface area contributed by atoms with Gasteiger partial charge < -0.3 is 5.73 Å².